The number of amides is 2. The number of benzene rings is 3. The number of hydrogen-bond acceptors (Lipinski definition) is 5. The highest BCUT2D eigenvalue weighted by Gasteiger charge is 2.27. The molecular formula is C32H34N4O5. The summed E-state index contributed by atoms with van der Waals surface area (Å²) in [5, 5.41) is 21.5. The molecule has 0 fully saturated rings. The molecule has 9 nitrogen and oxygen atoms in total. The molecule has 4 rings (SSSR count). The topological polar surface area (TPSA) is 134 Å². The van der Waals surface area contributed by atoms with Crippen LogP contribution in [0.2, 0.25) is 0 Å². The summed E-state index contributed by atoms with van der Waals surface area (Å²) in [4.78, 5) is 41.6. The molecule has 0 spiro atoms. The van der Waals surface area contributed by atoms with Gasteiger partial charge in [-0.05, 0) is 41.2 Å². The molecule has 0 aliphatic rings. The van der Waals surface area contributed by atoms with Crippen molar-refractivity contribution in [1.82, 2.24) is 20.3 Å². The monoisotopic (exact) mass is 554 g/mol. The first-order valence-corrected chi connectivity index (χ1v) is 13.6. The zero-order valence-corrected chi connectivity index (χ0v) is 22.9. The standard InChI is InChI=1S/C32H34N4O5/c1-2-3-13-29-34-25(19-33-30(37)28(31(38)35-41)18-22-9-5-4-6-10-22)21-36(29)20-23-14-16-24(17-15-23)26-11-7-8-12-27(26)32(39)40/h4-12,14-17,21,28,41H,2-3,13,18-20H2,1H3,(H,33,37)(H,35,38)(H,39,40). The molecule has 4 aromatic rings. The van der Waals surface area contributed by atoms with Gasteiger partial charge in [0.05, 0.1) is 17.8 Å². The SMILES string of the molecule is CCCCc1nc(CNC(=O)C(Cc2ccccc2)C(=O)NO)cn1Cc1ccc(-c2ccccc2C(=O)O)cc1. The lowest BCUT2D eigenvalue weighted by atomic mass is 9.98. The second-order valence-electron chi connectivity index (χ2n) is 9.86. The number of aromatic nitrogens is 2. The Morgan fingerprint density at radius 1 is 0.902 bits per heavy atom. The van der Waals surface area contributed by atoms with Crippen LogP contribution in [0.15, 0.2) is 85.1 Å². The lowest BCUT2D eigenvalue weighted by Gasteiger charge is -2.14. The number of rotatable bonds is 13. The molecule has 0 radical (unpaired) electrons. The molecule has 1 atom stereocenters. The molecule has 0 saturated carbocycles. The summed E-state index contributed by atoms with van der Waals surface area (Å²) in [6, 6.07) is 23.9. The van der Waals surface area contributed by atoms with Gasteiger partial charge in [-0.3, -0.25) is 14.8 Å². The Morgan fingerprint density at radius 2 is 1.61 bits per heavy atom. The van der Waals surface area contributed by atoms with Crippen LogP contribution in [0.1, 0.15) is 52.8 Å². The van der Waals surface area contributed by atoms with Crippen molar-refractivity contribution >= 4 is 17.8 Å². The summed E-state index contributed by atoms with van der Waals surface area (Å²) in [5.74, 6) is -2.43. The Morgan fingerprint density at radius 3 is 2.29 bits per heavy atom. The van der Waals surface area contributed by atoms with Gasteiger partial charge >= 0.3 is 5.97 Å². The molecule has 212 valence electrons. The Balaban J connectivity index is 1.47. The molecule has 3 aromatic carbocycles. The molecule has 1 unspecified atom stereocenters. The molecule has 0 aliphatic carbocycles. The number of unbranched alkanes of at least 4 members (excludes halogenated alkanes) is 1. The number of carbonyl (C=O) groups is 3. The number of nitrogens with zero attached hydrogens (tertiary/aromatic N) is 2. The maximum absolute atomic E-state index is 12.9. The second-order valence-corrected chi connectivity index (χ2v) is 9.86. The number of carbonyl (C=O) groups excluding carboxylic acids is 2. The first kappa shape index (κ1) is 29.2. The highest BCUT2D eigenvalue weighted by Crippen LogP contribution is 2.24. The van der Waals surface area contributed by atoms with Crippen LogP contribution in [-0.4, -0.2) is 37.6 Å². The van der Waals surface area contributed by atoms with Gasteiger partial charge in [-0.1, -0.05) is 86.1 Å². The van der Waals surface area contributed by atoms with Crippen LogP contribution < -0.4 is 10.8 Å². The summed E-state index contributed by atoms with van der Waals surface area (Å²) in [5.41, 5.74) is 5.84. The maximum atomic E-state index is 12.9. The molecule has 2 amide bonds. The predicted octanol–water partition coefficient (Wildman–Crippen LogP) is 4.62. The van der Waals surface area contributed by atoms with E-state index in [9.17, 15) is 24.7 Å². The highest BCUT2D eigenvalue weighted by molar-refractivity contribution is 6.00. The van der Waals surface area contributed by atoms with E-state index in [1.54, 1.807) is 23.7 Å². The smallest absolute Gasteiger partial charge is 0.336 e. The molecule has 9 heteroatoms. The maximum Gasteiger partial charge on any atom is 0.336 e. The van der Waals surface area contributed by atoms with Crippen LogP contribution in [0.5, 0.6) is 0 Å². The van der Waals surface area contributed by atoms with Crippen molar-refractivity contribution in [2.24, 2.45) is 5.92 Å². The average Bonchev–Trinajstić information content (AvgIpc) is 3.39. The number of aryl methyl sites for hydroxylation is 1. The zero-order chi connectivity index (χ0) is 29.2. The third-order valence-electron chi connectivity index (χ3n) is 6.91. The zero-order valence-electron chi connectivity index (χ0n) is 22.9. The fraction of sp³-hybridized carbons (Fsp3) is 0.250. The van der Waals surface area contributed by atoms with Crippen LogP contribution in [0.25, 0.3) is 11.1 Å². The molecule has 0 saturated heterocycles. The van der Waals surface area contributed by atoms with Gasteiger partial charge < -0.3 is 15.0 Å². The van der Waals surface area contributed by atoms with Gasteiger partial charge in [0, 0.05) is 19.2 Å². The van der Waals surface area contributed by atoms with Gasteiger partial charge in [-0.2, -0.15) is 0 Å². The van der Waals surface area contributed by atoms with Crippen molar-refractivity contribution in [3.8, 4) is 11.1 Å². The number of imidazole rings is 1. The van der Waals surface area contributed by atoms with Gasteiger partial charge in [0.15, 0.2) is 0 Å². The minimum atomic E-state index is -1.09. The van der Waals surface area contributed by atoms with Crippen LogP contribution in [0.3, 0.4) is 0 Å². The third-order valence-corrected chi connectivity index (χ3v) is 6.91. The van der Waals surface area contributed by atoms with Crippen molar-refractivity contribution in [2.75, 3.05) is 0 Å². The summed E-state index contributed by atoms with van der Waals surface area (Å²) in [6.07, 6.45) is 4.80. The van der Waals surface area contributed by atoms with Crippen molar-refractivity contribution in [1.29, 1.82) is 0 Å². The molecule has 4 N–H and O–H groups in total. The van der Waals surface area contributed by atoms with E-state index in [-0.39, 0.29) is 18.5 Å². The average molecular weight is 555 g/mol. The van der Waals surface area contributed by atoms with Crippen molar-refractivity contribution < 1.29 is 24.7 Å². The minimum Gasteiger partial charge on any atom is -0.478 e. The summed E-state index contributed by atoms with van der Waals surface area (Å²) in [7, 11) is 0. The summed E-state index contributed by atoms with van der Waals surface area (Å²) >= 11 is 0. The summed E-state index contributed by atoms with van der Waals surface area (Å²) in [6.45, 7) is 2.81. The molecule has 0 bridgehead atoms. The van der Waals surface area contributed by atoms with Gasteiger partial charge in [-0.15, -0.1) is 0 Å². The second kappa shape index (κ2) is 14.0. The van der Waals surface area contributed by atoms with Gasteiger partial charge in [0.1, 0.15) is 11.7 Å². The van der Waals surface area contributed by atoms with Crippen LogP contribution in [0.4, 0.5) is 0 Å². The lowest BCUT2D eigenvalue weighted by Crippen LogP contribution is -2.41. The van der Waals surface area contributed by atoms with Crippen molar-refractivity contribution in [3.63, 3.8) is 0 Å². The highest BCUT2D eigenvalue weighted by atomic mass is 16.5. The predicted molar refractivity (Wildman–Crippen MR) is 154 cm³/mol. The summed E-state index contributed by atoms with van der Waals surface area (Å²) < 4.78 is 2.05. The largest absolute Gasteiger partial charge is 0.478 e. The number of hydroxylamine groups is 1. The van der Waals surface area contributed by atoms with E-state index in [4.69, 9.17) is 4.98 Å². The first-order valence-electron chi connectivity index (χ1n) is 13.6. The van der Waals surface area contributed by atoms with E-state index >= 15 is 0 Å². The van der Waals surface area contributed by atoms with Gasteiger partial charge in [-0.25, -0.2) is 15.3 Å². The van der Waals surface area contributed by atoms with Crippen LogP contribution >= 0.6 is 0 Å². The van der Waals surface area contributed by atoms with E-state index in [0.29, 0.717) is 17.8 Å². The normalized spacial score (nSPS) is 11.6. The number of nitrogens with one attached hydrogen (secondary N) is 2. The fourth-order valence-electron chi connectivity index (χ4n) is 4.71. The molecule has 1 aromatic heterocycles. The minimum absolute atomic E-state index is 0.139. The van der Waals surface area contributed by atoms with Gasteiger partial charge in [0.2, 0.25) is 5.91 Å². The molecule has 41 heavy (non-hydrogen) atoms. The number of aromatic carboxylic acids is 1. The van der Waals surface area contributed by atoms with Crippen molar-refractivity contribution in [2.45, 2.75) is 45.7 Å². The van der Waals surface area contributed by atoms with Gasteiger partial charge in [0.25, 0.3) is 5.91 Å². The molecular weight excluding hydrogens is 520 g/mol. The Labute approximate surface area is 238 Å². The van der Waals surface area contributed by atoms with Crippen LogP contribution in [-0.2, 0) is 35.5 Å². The van der Waals surface area contributed by atoms with E-state index in [2.05, 4.69) is 16.8 Å². The van der Waals surface area contributed by atoms with E-state index in [1.165, 1.54) is 0 Å². The quantitative estimate of drug-likeness (QED) is 0.108. The number of carboxylic acid groups (broad SMARTS) is 1. The van der Waals surface area contributed by atoms with E-state index in [1.807, 2.05) is 66.9 Å². The van der Waals surface area contributed by atoms with E-state index < -0.39 is 23.7 Å². The number of carboxylic acids is 1. The molecule has 1 heterocycles. The van der Waals surface area contributed by atoms with Crippen LogP contribution in [0, 0.1) is 5.92 Å². The Bertz CT molecular complexity index is 1480. The van der Waals surface area contributed by atoms with E-state index in [0.717, 1.165) is 41.8 Å². The fourth-order valence-corrected chi connectivity index (χ4v) is 4.71. The third kappa shape index (κ3) is 7.67. The molecule has 0 aliphatic heterocycles. The number of hydrogen-bond donors (Lipinski definition) is 4. The Kier molecular flexibility index (Phi) is 10.0. The first-order chi connectivity index (χ1) is 19.9. The van der Waals surface area contributed by atoms with Crippen molar-refractivity contribution in [3.05, 3.63) is 113 Å². The Hall–Kier alpha value is -4.76. The lowest BCUT2D eigenvalue weighted by molar-refractivity contribution is -0.140.